The zero-order valence-corrected chi connectivity index (χ0v) is 14.6. The van der Waals surface area contributed by atoms with Crippen LogP contribution >= 0.6 is 0 Å². The third-order valence-electron chi connectivity index (χ3n) is 5.66. The lowest BCUT2D eigenvalue weighted by molar-refractivity contribution is -0.212. The molecule has 0 aliphatic carbocycles. The highest BCUT2D eigenvalue weighted by Gasteiger charge is 2.71. The van der Waals surface area contributed by atoms with Crippen LogP contribution in [0.5, 0.6) is 0 Å². The summed E-state index contributed by atoms with van der Waals surface area (Å²) < 4.78 is 7.57. The maximum absolute atomic E-state index is 12.0. The van der Waals surface area contributed by atoms with Crippen molar-refractivity contribution in [2.45, 2.75) is 63.1 Å². The van der Waals surface area contributed by atoms with E-state index in [4.69, 9.17) is 4.74 Å². The number of ether oxygens (including phenoxy) is 1. The van der Waals surface area contributed by atoms with Gasteiger partial charge in [-0.05, 0) is 19.3 Å². The van der Waals surface area contributed by atoms with Gasteiger partial charge < -0.3 is 25.0 Å². The number of nitrogens with one attached hydrogen (secondary N) is 1. The van der Waals surface area contributed by atoms with Crippen molar-refractivity contribution in [1.29, 1.82) is 0 Å². The first-order chi connectivity index (χ1) is 11.8. The average molecular weight is 352 g/mol. The summed E-state index contributed by atoms with van der Waals surface area (Å²) in [7, 11) is 0. The Morgan fingerprint density at radius 2 is 1.96 bits per heavy atom. The second-order valence-electron chi connectivity index (χ2n) is 6.44. The normalized spacial score (nSPS) is 35.5. The minimum atomic E-state index is -1.71. The maximum Gasteiger partial charge on any atom is 0.278 e. The standard InChI is InChI=1S/C16H24N4O5/c1-4-14(23)10(7-21)25-16(6-3,15(14,24)5-2)20-9-19-11-12(20)17-8-18-13(11)22/h8-10,21,23-24H,4-7H2,1-3H3,(H,17,18,22)/t10-,14-,15-,16-/m1/s1. The molecule has 0 spiro atoms. The number of hydrogen-bond acceptors (Lipinski definition) is 7. The number of aliphatic hydroxyl groups is 3. The highest BCUT2D eigenvalue weighted by molar-refractivity contribution is 5.69. The summed E-state index contributed by atoms with van der Waals surface area (Å²) in [5.41, 5.74) is -4.84. The molecular weight excluding hydrogens is 328 g/mol. The number of aromatic amines is 1. The second-order valence-corrected chi connectivity index (χ2v) is 6.44. The van der Waals surface area contributed by atoms with Crippen LogP contribution in [-0.4, -0.2) is 58.8 Å². The van der Waals surface area contributed by atoms with Gasteiger partial charge in [-0.1, -0.05) is 20.8 Å². The summed E-state index contributed by atoms with van der Waals surface area (Å²) in [4.78, 5) is 22.7. The molecule has 1 fully saturated rings. The molecule has 0 aromatic carbocycles. The van der Waals surface area contributed by atoms with E-state index in [1.165, 1.54) is 17.2 Å². The number of nitrogens with zero attached hydrogens (tertiary/aromatic N) is 3. The fourth-order valence-electron chi connectivity index (χ4n) is 4.24. The summed E-state index contributed by atoms with van der Waals surface area (Å²) in [6, 6.07) is 0. The fourth-order valence-corrected chi connectivity index (χ4v) is 4.24. The van der Waals surface area contributed by atoms with Crippen molar-refractivity contribution in [3.63, 3.8) is 0 Å². The van der Waals surface area contributed by atoms with Crippen LogP contribution < -0.4 is 5.56 Å². The van der Waals surface area contributed by atoms with Gasteiger partial charge in [0.1, 0.15) is 17.3 Å². The average Bonchev–Trinajstić information content (AvgIpc) is 3.14. The van der Waals surface area contributed by atoms with E-state index in [1.807, 2.05) is 0 Å². The lowest BCUT2D eigenvalue weighted by Crippen LogP contribution is -2.63. The summed E-state index contributed by atoms with van der Waals surface area (Å²) in [6.07, 6.45) is 2.28. The molecule has 3 rings (SSSR count). The first kappa shape index (κ1) is 18.0. The number of imidazole rings is 1. The van der Waals surface area contributed by atoms with Gasteiger partial charge in [-0.3, -0.25) is 9.36 Å². The molecule has 2 aromatic heterocycles. The van der Waals surface area contributed by atoms with E-state index in [1.54, 1.807) is 20.8 Å². The van der Waals surface area contributed by atoms with Crippen LogP contribution in [0.15, 0.2) is 17.4 Å². The quantitative estimate of drug-likeness (QED) is 0.588. The van der Waals surface area contributed by atoms with Gasteiger partial charge in [-0.2, -0.15) is 0 Å². The number of fused-ring (bicyclic) bond motifs is 1. The zero-order valence-electron chi connectivity index (χ0n) is 14.6. The van der Waals surface area contributed by atoms with Gasteiger partial charge in [0.05, 0.1) is 19.3 Å². The molecule has 4 N–H and O–H groups in total. The summed E-state index contributed by atoms with van der Waals surface area (Å²) in [5.74, 6) is 0. The molecule has 1 saturated heterocycles. The highest BCUT2D eigenvalue weighted by atomic mass is 16.6. The maximum atomic E-state index is 12.0. The molecule has 138 valence electrons. The molecule has 25 heavy (non-hydrogen) atoms. The Hall–Kier alpha value is -1.81. The van der Waals surface area contributed by atoms with E-state index in [2.05, 4.69) is 15.0 Å². The second kappa shape index (κ2) is 5.87. The number of aromatic nitrogens is 4. The predicted octanol–water partition coefficient (Wildman–Crippen LogP) is -0.144. The minimum Gasteiger partial charge on any atom is -0.394 e. The van der Waals surface area contributed by atoms with Crippen molar-refractivity contribution in [2.24, 2.45) is 0 Å². The van der Waals surface area contributed by atoms with Gasteiger partial charge in [0.25, 0.3) is 5.56 Å². The van der Waals surface area contributed by atoms with Gasteiger partial charge in [-0.25, -0.2) is 9.97 Å². The smallest absolute Gasteiger partial charge is 0.278 e. The molecule has 9 heteroatoms. The monoisotopic (exact) mass is 352 g/mol. The molecule has 3 heterocycles. The Morgan fingerprint density at radius 1 is 1.24 bits per heavy atom. The molecule has 4 atom stereocenters. The van der Waals surface area contributed by atoms with Crippen molar-refractivity contribution in [1.82, 2.24) is 19.5 Å². The molecule has 9 nitrogen and oxygen atoms in total. The lowest BCUT2D eigenvalue weighted by Gasteiger charge is -2.46. The SMILES string of the molecule is CC[C@@]1(O)[C@@](O)(CC)[C@@H](CO)O[C@@]1(CC)n1cnc2c(=O)[nH]cnc21. The largest absolute Gasteiger partial charge is 0.394 e. The lowest BCUT2D eigenvalue weighted by atomic mass is 9.71. The van der Waals surface area contributed by atoms with Crippen molar-refractivity contribution in [3.05, 3.63) is 23.0 Å². The Balaban J connectivity index is 2.33. The molecular formula is C16H24N4O5. The van der Waals surface area contributed by atoms with Crippen LogP contribution in [0.25, 0.3) is 11.2 Å². The van der Waals surface area contributed by atoms with Crippen molar-refractivity contribution in [2.75, 3.05) is 6.61 Å². The first-order valence-electron chi connectivity index (χ1n) is 8.49. The van der Waals surface area contributed by atoms with Gasteiger partial charge in [0.15, 0.2) is 16.9 Å². The number of H-pyrrole nitrogens is 1. The Labute approximate surface area is 144 Å². The molecule has 2 aromatic rings. The third kappa shape index (κ3) is 2.00. The van der Waals surface area contributed by atoms with E-state index in [-0.39, 0.29) is 30.4 Å². The first-order valence-corrected chi connectivity index (χ1v) is 8.49. The van der Waals surface area contributed by atoms with E-state index in [0.29, 0.717) is 0 Å². The van der Waals surface area contributed by atoms with E-state index in [9.17, 15) is 20.1 Å². The molecule has 0 radical (unpaired) electrons. The van der Waals surface area contributed by atoms with Crippen LogP contribution in [0.1, 0.15) is 40.0 Å². The van der Waals surface area contributed by atoms with Gasteiger partial charge in [0.2, 0.25) is 0 Å². The van der Waals surface area contributed by atoms with E-state index >= 15 is 0 Å². The Morgan fingerprint density at radius 3 is 2.52 bits per heavy atom. The minimum absolute atomic E-state index is 0.116. The van der Waals surface area contributed by atoms with Crippen LogP contribution in [0.4, 0.5) is 0 Å². The van der Waals surface area contributed by atoms with Crippen molar-refractivity contribution >= 4 is 11.2 Å². The Kier molecular flexibility index (Phi) is 4.23. The summed E-state index contributed by atoms with van der Waals surface area (Å²) in [6.45, 7) is 4.82. The summed E-state index contributed by atoms with van der Waals surface area (Å²) in [5, 5.41) is 32.5. The Bertz CT molecular complexity index is 835. The topological polar surface area (TPSA) is 133 Å². The predicted molar refractivity (Wildman–Crippen MR) is 88.9 cm³/mol. The van der Waals surface area contributed by atoms with Crippen LogP contribution in [0.2, 0.25) is 0 Å². The van der Waals surface area contributed by atoms with Gasteiger partial charge in [-0.15, -0.1) is 0 Å². The summed E-state index contributed by atoms with van der Waals surface area (Å²) >= 11 is 0. The van der Waals surface area contributed by atoms with E-state index < -0.39 is 35.2 Å². The number of rotatable bonds is 5. The number of aliphatic hydroxyl groups excluding tert-OH is 1. The molecule has 0 unspecified atom stereocenters. The van der Waals surface area contributed by atoms with Crippen LogP contribution in [0, 0.1) is 0 Å². The molecule has 1 aliphatic rings. The van der Waals surface area contributed by atoms with Crippen molar-refractivity contribution < 1.29 is 20.1 Å². The molecule has 0 bridgehead atoms. The van der Waals surface area contributed by atoms with Gasteiger partial charge >= 0.3 is 0 Å². The third-order valence-corrected chi connectivity index (χ3v) is 5.66. The van der Waals surface area contributed by atoms with E-state index in [0.717, 1.165) is 0 Å². The number of hydrogen-bond donors (Lipinski definition) is 4. The molecule has 0 amide bonds. The van der Waals surface area contributed by atoms with Crippen LogP contribution in [-0.2, 0) is 10.5 Å². The zero-order chi connectivity index (χ0) is 18.5. The molecule has 0 saturated carbocycles. The van der Waals surface area contributed by atoms with Gasteiger partial charge in [0, 0.05) is 0 Å². The van der Waals surface area contributed by atoms with Crippen molar-refractivity contribution in [3.8, 4) is 0 Å². The molecule has 1 aliphatic heterocycles. The van der Waals surface area contributed by atoms with Crippen LogP contribution in [0.3, 0.4) is 0 Å². The highest BCUT2D eigenvalue weighted by Crippen LogP contribution is 2.54. The fraction of sp³-hybridized carbons (Fsp3) is 0.688.